The quantitative estimate of drug-likeness (QED) is 0.585. The summed E-state index contributed by atoms with van der Waals surface area (Å²) in [5, 5.41) is 2.78. The van der Waals surface area contributed by atoms with Crippen molar-refractivity contribution in [3.05, 3.63) is 42.0 Å². The highest BCUT2D eigenvalue weighted by Gasteiger charge is 1.93. The van der Waals surface area contributed by atoms with Crippen molar-refractivity contribution in [2.75, 3.05) is 20.3 Å². The zero-order chi connectivity index (χ0) is 11.6. The van der Waals surface area contributed by atoms with Gasteiger partial charge in [-0.15, -0.1) is 0 Å². The maximum Gasteiger partial charge on any atom is 0.244 e. The van der Waals surface area contributed by atoms with Crippen molar-refractivity contribution in [3.8, 4) is 0 Å². The smallest absolute Gasteiger partial charge is 0.244 e. The molecule has 1 aromatic rings. The Balaban J connectivity index is 2.26. The van der Waals surface area contributed by atoms with Crippen molar-refractivity contribution in [1.82, 2.24) is 5.32 Å². The zero-order valence-corrected chi connectivity index (χ0v) is 9.48. The molecule has 0 bridgehead atoms. The Morgan fingerprint density at radius 3 is 2.81 bits per heavy atom. The van der Waals surface area contributed by atoms with Crippen LogP contribution in [-0.4, -0.2) is 26.2 Å². The van der Waals surface area contributed by atoms with Gasteiger partial charge in [0, 0.05) is 26.3 Å². The van der Waals surface area contributed by atoms with Gasteiger partial charge in [0.25, 0.3) is 0 Å². The first-order valence-electron chi connectivity index (χ1n) is 5.33. The van der Waals surface area contributed by atoms with E-state index in [1.54, 1.807) is 19.3 Å². The molecule has 0 aromatic heterocycles. The molecule has 0 aliphatic heterocycles. The van der Waals surface area contributed by atoms with E-state index in [-0.39, 0.29) is 5.91 Å². The Hall–Kier alpha value is -1.61. The summed E-state index contributed by atoms with van der Waals surface area (Å²) >= 11 is 0. The van der Waals surface area contributed by atoms with Crippen LogP contribution in [0.15, 0.2) is 36.4 Å². The van der Waals surface area contributed by atoms with Gasteiger partial charge in [-0.25, -0.2) is 0 Å². The number of benzene rings is 1. The van der Waals surface area contributed by atoms with Gasteiger partial charge in [0.05, 0.1) is 0 Å². The van der Waals surface area contributed by atoms with E-state index in [2.05, 4.69) is 5.32 Å². The monoisotopic (exact) mass is 219 g/mol. The van der Waals surface area contributed by atoms with Crippen LogP contribution in [0, 0.1) is 0 Å². The first kappa shape index (κ1) is 12.5. The fourth-order valence-electron chi connectivity index (χ4n) is 1.22. The Bertz CT molecular complexity index is 333. The first-order valence-corrected chi connectivity index (χ1v) is 5.33. The Kier molecular flexibility index (Phi) is 5.96. The summed E-state index contributed by atoms with van der Waals surface area (Å²) in [6, 6.07) is 9.73. The fourth-order valence-corrected chi connectivity index (χ4v) is 1.22. The van der Waals surface area contributed by atoms with Gasteiger partial charge in [0.15, 0.2) is 0 Å². The topological polar surface area (TPSA) is 38.3 Å². The van der Waals surface area contributed by atoms with Crippen LogP contribution >= 0.6 is 0 Å². The van der Waals surface area contributed by atoms with E-state index >= 15 is 0 Å². The van der Waals surface area contributed by atoms with Crippen molar-refractivity contribution >= 4 is 12.0 Å². The first-order chi connectivity index (χ1) is 7.83. The van der Waals surface area contributed by atoms with Crippen LogP contribution in [0.5, 0.6) is 0 Å². The maximum atomic E-state index is 11.3. The lowest BCUT2D eigenvalue weighted by Crippen LogP contribution is -2.22. The van der Waals surface area contributed by atoms with E-state index in [0.29, 0.717) is 13.2 Å². The Morgan fingerprint density at radius 1 is 1.38 bits per heavy atom. The molecule has 3 heteroatoms. The third-order valence-electron chi connectivity index (χ3n) is 2.05. The summed E-state index contributed by atoms with van der Waals surface area (Å²) in [7, 11) is 1.65. The van der Waals surface area contributed by atoms with Crippen molar-refractivity contribution in [2.24, 2.45) is 0 Å². The fraction of sp³-hybridized carbons (Fsp3) is 0.308. The maximum absolute atomic E-state index is 11.3. The summed E-state index contributed by atoms with van der Waals surface area (Å²) < 4.78 is 4.88. The van der Waals surface area contributed by atoms with Crippen LogP contribution < -0.4 is 5.32 Å². The molecule has 0 saturated carbocycles. The van der Waals surface area contributed by atoms with Crippen LogP contribution in [0.25, 0.3) is 6.08 Å². The molecule has 0 aliphatic carbocycles. The van der Waals surface area contributed by atoms with E-state index in [9.17, 15) is 4.79 Å². The third kappa shape index (κ3) is 5.32. The molecule has 1 N–H and O–H groups in total. The molecule has 16 heavy (non-hydrogen) atoms. The molecule has 0 radical (unpaired) electrons. The molecule has 3 nitrogen and oxygen atoms in total. The molecular formula is C13H17NO2. The molecule has 86 valence electrons. The highest BCUT2D eigenvalue weighted by Crippen LogP contribution is 2.00. The number of ether oxygens (including phenoxy) is 1. The number of hydrogen-bond acceptors (Lipinski definition) is 2. The molecule has 0 fully saturated rings. The average molecular weight is 219 g/mol. The minimum absolute atomic E-state index is 0.0695. The predicted molar refractivity (Wildman–Crippen MR) is 65.0 cm³/mol. The predicted octanol–water partition coefficient (Wildman–Crippen LogP) is 1.85. The minimum atomic E-state index is -0.0695. The molecule has 0 unspecified atom stereocenters. The molecular weight excluding hydrogens is 202 g/mol. The summed E-state index contributed by atoms with van der Waals surface area (Å²) in [4.78, 5) is 11.3. The molecule has 0 atom stereocenters. The summed E-state index contributed by atoms with van der Waals surface area (Å²) in [5.74, 6) is -0.0695. The molecule has 1 rings (SSSR count). The number of nitrogens with one attached hydrogen (secondary N) is 1. The summed E-state index contributed by atoms with van der Waals surface area (Å²) in [6.45, 7) is 1.31. The van der Waals surface area contributed by atoms with Crippen LogP contribution in [0.2, 0.25) is 0 Å². The van der Waals surface area contributed by atoms with Crippen molar-refractivity contribution in [1.29, 1.82) is 0 Å². The second kappa shape index (κ2) is 7.65. The number of carbonyl (C=O) groups is 1. The Labute approximate surface area is 96.1 Å². The zero-order valence-electron chi connectivity index (χ0n) is 9.48. The lowest BCUT2D eigenvalue weighted by molar-refractivity contribution is -0.116. The van der Waals surface area contributed by atoms with Crippen LogP contribution in [0.1, 0.15) is 12.0 Å². The number of hydrogen-bond donors (Lipinski definition) is 1. The lowest BCUT2D eigenvalue weighted by Gasteiger charge is -2.00. The van der Waals surface area contributed by atoms with Crippen molar-refractivity contribution in [2.45, 2.75) is 6.42 Å². The van der Waals surface area contributed by atoms with Crippen molar-refractivity contribution < 1.29 is 9.53 Å². The summed E-state index contributed by atoms with van der Waals surface area (Å²) in [6.07, 6.45) is 4.18. The SMILES string of the molecule is COCCCNC(=O)C=Cc1ccccc1. The molecule has 0 spiro atoms. The van der Waals surface area contributed by atoms with Crippen molar-refractivity contribution in [3.63, 3.8) is 0 Å². The van der Waals surface area contributed by atoms with E-state index < -0.39 is 0 Å². The number of methoxy groups -OCH3 is 1. The van der Waals surface area contributed by atoms with Gasteiger partial charge in [0.1, 0.15) is 0 Å². The third-order valence-corrected chi connectivity index (χ3v) is 2.05. The van der Waals surface area contributed by atoms with Gasteiger partial charge in [0.2, 0.25) is 5.91 Å². The van der Waals surface area contributed by atoms with Crippen LogP contribution in [0.3, 0.4) is 0 Å². The molecule has 0 heterocycles. The second-order valence-corrected chi connectivity index (χ2v) is 3.38. The van der Waals surface area contributed by atoms with Gasteiger partial charge in [-0.1, -0.05) is 30.3 Å². The standard InChI is InChI=1S/C13H17NO2/c1-16-11-5-10-14-13(15)9-8-12-6-3-2-4-7-12/h2-4,6-9H,5,10-11H2,1H3,(H,14,15). The van der Waals surface area contributed by atoms with E-state index in [0.717, 1.165) is 12.0 Å². The Morgan fingerprint density at radius 2 is 2.12 bits per heavy atom. The van der Waals surface area contributed by atoms with E-state index in [1.165, 1.54) is 0 Å². The molecule has 0 aliphatic rings. The highest BCUT2D eigenvalue weighted by atomic mass is 16.5. The van der Waals surface area contributed by atoms with E-state index in [4.69, 9.17) is 4.74 Å². The number of carbonyl (C=O) groups excluding carboxylic acids is 1. The normalized spacial score (nSPS) is 10.6. The highest BCUT2D eigenvalue weighted by molar-refractivity contribution is 5.91. The number of rotatable bonds is 6. The lowest BCUT2D eigenvalue weighted by atomic mass is 10.2. The van der Waals surface area contributed by atoms with Crippen LogP contribution in [0.4, 0.5) is 0 Å². The van der Waals surface area contributed by atoms with Gasteiger partial charge in [-0.3, -0.25) is 4.79 Å². The van der Waals surface area contributed by atoms with Gasteiger partial charge in [-0.2, -0.15) is 0 Å². The second-order valence-electron chi connectivity index (χ2n) is 3.38. The number of amides is 1. The molecule has 1 aromatic carbocycles. The minimum Gasteiger partial charge on any atom is -0.385 e. The molecule has 0 saturated heterocycles. The largest absolute Gasteiger partial charge is 0.385 e. The summed E-state index contributed by atoms with van der Waals surface area (Å²) in [5.41, 5.74) is 1.02. The van der Waals surface area contributed by atoms with E-state index in [1.807, 2.05) is 30.3 Å². The van der Waals surface area contributed by atoms with Gasteiger partial charge < -0.3 is 10.1 Å². The molecule has 1 amide bonds. The van der Waals surface area contributed by atoms with Gasteiger partial charge >= 0.3 is 0 Å². The van der Waals surface area contributed by atoms with Gasteiger partial charge in [-0.05, 0) is 18.1 Å². The van der Waals surface area contributed by atoms with Crippen LogP contribution in [-0.2, 0) is 9.53 Å². The average Bonchev–Trinajstić information content (AvgIpc) is 2.33.